The Morgan fingerprint density at radius 2 is 2.14 bits per heavy atom. The molecular weight excluding hydrogens is 299 g/mol. The van der Waals surface area contributed by atoms with Gasteiger partial charge in [0.05, 0.1) is 17.6 Å². The number of nitriles is 1. The molecule has 1 aromatic rings. The van der Waals surface area contributed by atoms with E-state index in [0.29, 0.717) is 12.8 Å². The largest absolute Gasteiger partial charge is 0.469 e. The van der Waals surface area contributed by atoms with Crippen LogP contribution < -0.4 is 4.72 Å². The maximum absolute atomic E-state index is 13.1. The summed E-state index contributed by atoms with van der Waals surface area (Å²) in [4.78, 5) is 10.7. The van der Waals surface area contributed by atoms with Crippen LogP contribution in [0, 0.1) is 17.1 Å². The van der Waals surface area contributed by atoms with Gasteiger partial charge in [-0.3, -0.25) is 4.79 Å². The zero-order chi connectivity index (χ0) is 15.9. The van der Waals surface area contributed by atoms with Gasteiger partial charge in [-0.15, -0.1) is 0 Å². The molecule has 0 spiro atoms. The summed E-state index contributed by atoms with van der Waals surface area (Å²) in [6, 6.07) is 4.59. The Hall–Kier alpha value is -1.98. The lowest BCUT2D eigenvalue weighted by atomic mass is 10.2. The Bertz CT molecular complexity index is 653. The molecule has 0 aliphatic rings. The molecule has 0 amide bonds. The molecule has 1 rings (SSSR count). The van der Waals surface area contributed by atoms with Crippen molar-refractivity contribution in [2.45, 2.75) is 24.2 Å². The zero-order valence-electron chi connectivity index (χ0n) is 11.4. The third-order valence-corrected chi connectivity index (χ3v) is 4.15. The standard InChI is InChI=1S/C13H15FN2O4S/c1-20-13(17)4-2-3-7-16-21(18,19)11-5-6-12(14)10(8-11)9-15/h5-6,8,16H,2-4,7H2,1H3. The number of esters is 1. The number of rotatable bonds is 7. The summed E-state index contributed by atoms with van der Waals surface area (Å²) in [6.45, 7) is 0.137. The molecule has 0 radical (unpaired) electrons. The monoisotopic (exact) mass is 314 g/mol. The minimum Gasteiger partial charge on any atom is -0.469 e. The van der Waals surface area contributed by atoms with Gasteiger partial charge in [-0.25, -0.2) is 17.5 Å². The topological polar surface area (TPSA) is 96.3 Å². The average Bonchev–Trinajstić information content (AvgIpc) is 2.46. The van der Waals surface area contributed by atoms with Crippen LogP contribution in [-0.4, -0.2) is 28.0 Å². The third-order valence-electron chi connectivity index (χ3n) is 2.70. The van der Waals surface area contributed by atoms with E-state index in [0.717, 1.165) is 18.2 Å². The number of hydrogen-bond donors (Lipinski definition) is 1. The lowest BCUT2D eigenvalue weighted by Gasteiger charge is -2.07. The number of methoxy groups -OCH3 is 1. The summed E-state index contributed by atoms with van der Waals surface area (Å²) in [7, 11) is -2.52. The van der Waals surface area contributed by atoms with Gasteiger partial charge < -0.3 is 4.74 Å². The Labute approximate surface area is 122 Å². The van der Waals surface area contributed by atoms with E-state index in [4.69, 9.17) is 5.26 Å². The van der Waals surface area contributed by atoms with E-state index in [2.05, 4.69) is 9.46 Å². The number of carbonyl (C=O) groups is 1. The Morgan fingerprint density at radius 3 is 2.76 bits per heavy atom. The predicted octanol–water partition coefficient (Wildman–Crippen LogP) is 1.32. The molecule has 0 saturated heterocycles. The highest BCUT2D eigenvalue weighted by molar-refractivity contribution is 7.89. The summed E-state index contributed by atoms with van der Waals surface area (Å²) in [5.41, 5.74) is -0.330. The lowest BCUT2D eigenvalue weighted by Crippen LogP contribution is -2.25. The number of unbranched alkanes of at least 4 members (excludes halogenated alkanes) is 1. The number of halogens is 1. The minimum absolute atomic E-state index is 0.137. The smallest absolute Gasteiger partial charge is 0.305 e. The van der Waals surface area contributed by atoms with E-state index >= 15 is 0 Å². The molecule has 0 aromatic heterocycles. The molecule has 0 atom stereocenters. The SMILES string of the molecule is COC(=O)CCCCNS(=O)(=O)c1ccc(F)c(C#N)c1. The summed E-state index contributed by atoms with van der Waals surface area (Å²) in [6.07, 6.45) is 1.16. The Morgan fingerprint density at radius 1 is 1.43 bits per heavy atom. The number of nitrogens with zero attached hydrogens (tertiary/aromatic N) is 1. The molecule has 0 saturated carbocycles. The number of ether oxygens (including phenoxy) is 1. The van der Waals surface area contributed by atoms with Crippen LogP contribution in [0.5, 0.6) is 0 Å². The zero-order valence-corrected chi connectivity index (χ0v) is 12.2. The second kappa shape index (κ2) is 7.71. The van der Waals surface area contributed by atoms with Crippen molar-refractivity contribution in [1.29, 1.82) is 5.26 Å². The highest BCUT2D eigenvalue weighted by Gasteiger charge is 2.15. The Balaban J connectivity index is 2.58. The summed E-state index contributed by atoms with van der Waals surface area (Å²) >= 11 is 0. The van der Waals surface area contributed by atoms with Crippen molar-refractivity contribution in [2.75, 3.05) is 13.7 Å². The fraction of sp³-hybridized carbons (Fsp3) is 0.385. The highest BCUT2D eigenvalue weighted by Crippen LogP contribution is 2.14. The number of benzene rings is 1. The first-order valence-corrected chi connectivity index (χ1v) is 7.65. The molecule has 0 bridgehead atoms. The van der Waals surface area contributed by atoms with Gasteiger partial charge in [0.2, 0.25) is 10.0 Å². The van der Waals surface area contributed by atoms with Crippen molar-refractivity contribution in [3.05, 3.63) is 29.6 Å². The molecule has 114 valence electrons. The van der Waals surface area contributed by atoms with E-state index in [9.17, 15) is 17.6 Å². The van der Waals surface area contributed by atoms with Gasteiger partial charge >= 0.3 is 5.97 Å². The summed E-state index contributed by atoms with van der Waals surface area (Å²) in [5, 5.41) is 8.68. The molecule has 0 fully saturated rings. The second-order valence-electron chi connectivity index (χ2n) is 4.18. The van der Waals surface area contributed by atoms with Gasteiger partial charge in [-0.2, -0.15) is 5.26 Å². The van der Waals surface area contributed by atoms with E-state index in [-0.39, 0.29) is 29.4 Å². The van der Waals surface area contributed by atoms with E-state index in [1.165, 1.54) is 7.11 Å². The molecule has 1 aromatic carbocycles. The van der Waals surface area contributed by atoms with Gasteiger partial charge in [0.1, 0.15) is 11.9 Å². The van der Waals surface area contributed by atoms with E-state index < -0.39 is 15.8 Å². The molecule has 0 unspecified atom stereocenters. The van der Waals surface area contributed by atoms with Crippen molar-refractivity contribution < 1.29 is 22.3 Å². The number of carbonyl (C=O) groups excluding carboxylic acids is 1. The van der Waals surface area contributed by atoms with Crippen LogP contribution in [0.1, 0.15) is 24.8 Å². The van der Waals surface area contributed by atoms with Gasteiger partial charge in [-0.1, -0.05) is 0 Å². The van der Waals surface area contributed by atoms with Crippen LogP contribution in [0.2, 0.25) is 0 Å². The lowest BCUT2D eigenvalue weighted by molar-refractivity contribution is -0.140. The van der Waals surface area contributed by atoms with Gasteiger partial charge in [0, 0.05) is 13.0 Å². The molecule has 6 nitrogen and oxygen atoms in total. The number of hydrogen-bond acceptors (Lipinski definition) is 5. The van der Waals surface area contributed by atoms with Crippen LogP contribution in [0.3, 0.4) is 0 Å². The number of nitrogens with one attached hydrogen (secondary N) is 1. The molecule has 0 aliphatic heterocycles. The summed E-state index contributed by atoms with van der Waals surface area (Å²) < 4.78 is 43.8. The third kappa shape index (κ3) is 5.13. The van der Waals surface area contributed by atoms with E-state index in [1.807, 2.05) is 0 Å². The number of sulfonamides is 1. The first-order chi connectivity index (χ1) is 9.90. The van der Waals surface area contributed by atoms with Crippen molar-refractivity contribution in [3.8, 4) is 6.07 Å². The molecule has 0 heterocycles. The molecule has 8 heteroatoms. The maximum Gasteiger partial charge on any atom is 0.305 e. The van der Waals surface area contributed by atoms with Crippen LogP contribution in [-0.2, 0) is 19.6 Å². The molecular formula is C13H15FN2O4S. The van der Waals surface area contributed by atoms with Crippen LogP contribution in [0.25, 0.3) is 0 Å². The summed E-state index contributed by atoms with van der Waals surface area (Å²) in [5.74, 6) is -1.12. The quantitative estimate of drug-likeness (QED) is 0.605. The van der Waals surface area contributed by atoms with Crippen molar-refractivity contribution in [1.82, 2.24) is 4.72 Å². The molecule has 21 heavy (non-hydrogen) atoms. The Kier molecular flexibility index (Phi) is 6.27. The fourth-order valence-electron chi connectivity index (χ4n) is 1.54. The van der Waals surface area contributed by atoms with Crippen LogP contribution >= 0.6 is 0 Å². The maximum atomic E-state index is 13.1. The predicted molar refractivity (Wildman–Crippen MR) is 72.2 cm³/mol. The van der Waals surface area contributed by atoms with Gasteiger partial charge in [-0.05, 0) is 31.0 Å². The first kappa shape index (κ1) is 17.1. The average molecular weight is 314 g/mol. The van der Waals surface area contributed by atoms with Crippen molar-refractivity contribution in [3.63, 3.8) is 0 Å². The normalized spacial score (nSPS) is 10.9. The molecule has 0 aliphatic carbocycles. The van der Waals surface area contributed by atoms with Crippen molar-refractivity contribution in [2.24, 2.45) is 0 Å². The highest BCUT2D eigenvalue weighted by atomic mass is 32.2. The van der Waals surface area contributed by atoms with Crippen LogP contribution in [0.4, 0.5) is 4.39 Å². The molecule has 1 N–H and O–H groups in total. The van der Waals surface area contributed by atoms with Crippen molar-refractivity contribution >= 4 is 16.0 Å². The van der Waals surface area contributed by atoms with Crippen LogP contribution in [0.15, 0.2) is 23.1 Å². The van der Waals surface area contributed by atoms with Gasteiger partial charge in [0.15, 0.2) is 0 Å². The fourth-order valence-corrected chi connectivity index (χ4v) is 2.64. The van der Waals surface area contributed by atoms with E-state index in [1.54, 1.807) is 6.07 Å². The van der Waals surface area contributed by atoms with Gasteiger partial charge in [0.25, 0.3) is 0 Å². The minimum atomic E-state index is -3.80. The first-order valence-electron chi connectivity index (χ1n) is 6.17. The second-order valence-corrected chi connectivity index (χ2v) is 5.95.